The van der Waals surface area contributed by atoms with Crippen LogP contribution in [0.25, 0.3) is 0 Å². The number of likely N-dealkylation sites (tertiary alicyclic amines) is 3. The molecule has 3 fully saturated rings. The van der Waals surface area contributed by atoms with E-state index in [1.165, 1.54) is 71.0 Å². The van der Waals surface area contributed by atoms with E-state index >= 15 is 0 Å². The number of amides is 2. The molecule has 21 heavy (non-hydrogen) atoms. The van der Waals surface area contributed by atoms with Crippen molar-refractivity contribution in [2.24, 2.45) is 5.92 Å². The van der Waals surface area contributed by atoms with Crippen molar-refractivity contribution in [2.75, 3.05) is 45.8 Å². The Morgan fingerprint density at radius 1 is 0.762 bits per heavy atom. The lowest BCUT2D eigenvalue weighted by molar-refractivity contribution is 0.104. The van der Waals surface area contributed by atoms with Crippen molar-refractivity contribution >= 4 is 6.03 Å². The van der Waals surface area contributed by atoms with Gasteiger partial charge in [-0.15, -0.1) is 0 Å². The molecule has 4 heteroatoms. The van der Waals surface area contributed by atoms with Crippen molar-refractivity contribution < 1.29 is 4.79 Å². The number of carbonyl (C=O) groups is 1. The summed E-state index contributed by atoms with van der Waals surface area (Å²) in [5.41, 5.74) is 0. The second-order valence-electron chi connectivity index (χ2n) is 7.15. The zero-order chi connectivity index (χ0) is 14.5. The topological polar surface area (TPSA) is 26.8 Å². The molecule has 1 atom stereocenters. The van der Waals surface area contributed by atoms with Crippen molar-refractivity contribution in [3.05, 3.63) is 0 Å². The number of hydrogen-bond donors (Lipinski definition) is 0. The molecule has 1 unspecified atom stereocenters. The van der Waals surface area contributed by atoms with E-state index in [9.17, 15) is 4.79 Å². The lowest BCUT2D eigenvalue weighted by Crippen LogP contribution is -2.50. The summed E-state index contributed by atoms with van der Waals surface area (Å²) in [6.45, 7) is 7.69. The molecule has 0 spiro atoms. The summed E-state index contributed by atoms with van der Waals surface area (Å²) in [7, 11) is 0. The fraction of sp³-hybridized carbons (Fsp3) is 0.941. The Bertz CT molecular complexity index is 335. The van der Waals surface area contributed by atoms with Crippen LogP contribution in [0, 0.1) is 5.92 Å². The molecule has 3 aliphatic heterocycles. The summed E-state index contributed by atoms with van der Waals surface area (Å²) in [6.07, 6.45) is 10.3. The van der Waals surface area contributed by atoms with Crippen LogP contribution in [0.5, 0.6) is 0 Å². The summed E-state index contributed by atoms with van der Waals surface area (Å²) >= 11 is 0. The van der Waals surface area contributed by atoms with Gasteiger partial charge in [0.1, 0.15) is 0 Å². The summed E-state index contributed by atoms with van der Waals surface area (Å²) in [4.78, 5) is 19.5. The summed E-state index contributed by atoms with van der Waals surface area (Å²) in [5.74, 6) is 0.700. The van der Waals surface area contributed by atoms with Gasteiger partial charge in [-0.05, 0) is 64.0 Å². The molecule has 3 saturated heterocycles. The van der Waals surface area contributed by atoms with E-state index in [0.717, 1.165) is 26.2 Å². The fourth-order valence-electron chi connectivity index (χ4n) is 4.18. The summed E-state index contributed by atoms with van der Waals surface area (Å²) in [5, 5.41) is 0. The van der Waals surface area contributed by atoms with Gasteiger partial charge in [0.05, 0.1) is 0 Å². The lowest BCUT2D eigenvalue weighted by Gasteiger charge is -2.39. The maximum atomic E-state index is 12.6. The minimum atomic E-state index is 0.318. The highest BCUT2D eigenvalue weighted by atomic mass is 16.2. The number of hydrogen-bond acceptors (Lipinski definition) is 2. The number of nitrogens with zero attached hydrogens (tertiary/aromatic N) is 3. The normalized spacial score (nSPS) is 28.7. The second-order valence-corrected chi connectivity index (χ2v) is 7.15. The van der Waals surface area contributed by atoms with E-state index in [1.807, 2.05) is 0 Å². The minimum Gasteiger partial charge on any atom is -0.325 e. The predicted octanol–water partition coefficient (Wildman–Crippen LogP) is 2.79. The van der Waals surface area contributed by atoms with Crippen molar-refractivity contribution in [1.29, 1.82) is 0 Å². The van der Waals surface area contributed by atoms with E-state index in [2.05, 4.69) is 14.7 Å². The largest absolute Gasteiger partial charge is 0.325 e. The molecule has 4 nitrogen and oxygen atoms in total. The third-order valence-electron chi connectivity index (χ3n) is 5.38. The van der Waals surface area contributed by atoms with Crippen LogP contribution in [0.3, 0.4) is 0 Å². The molecule has 3 heterocycles. The first-order chi connectivity index (χ1) is 10.3. The number of carbonyl (C=O) groups excluding carboxylic acids is 1. The third-order valence-corrected chi connectivity index (χ3v) is 5.38. The maximum Gasteiger partial charge on any atom is 0.320 e. The molecule has 2 amide bonds. The third kappa shape index (κ3) is 4.12. The Hall–Kier alpha value is -0.770. The monoisotopic (exact) mass is 293 g/mol. The Labute approximate surface area is 129 Å². The van der Waals surface area contributed by atoms with E-state index in [0.29, 0.717) is 11.9 Å². The van der Waals surface area contributed by atoms with Gasteiger partial charge in [-0.25, -0.2) is 4.79 Å². The van der Waals surface area contributed by atoms with Gasteiger partial charge in [-0.2, -0.15) is 0 Å². The van der Waals surface area contributed by atoms with E-state index < -0.39 is 0 Å². The number of piperidine rings is 3. The number of rotatable bonds is 2. The molecule has 0 aromatic heterocycles. The van der Waals surface area contributed by atoms with Gasteiger partial charge in [0.2, 0.25) is 0 Å². The van der Waals surface area contributed by atoms with Crippen LogP contribution in [-0.2, 0) is 0 Å². The first-order valence-electron chi connectivity index (χ1n) is 9.09. The van der Waals surface area contributed by atoms with E-state index in [-0.39, 0.29) is 0 Å². The highest BCUT2D eigenvalue weighted by Gasteiger charge is 2.28. The summed E-state index contributed by atoms with van der Waals surface area (Å²) < 4.78 is 0. The van der Waals surface area contributed by atoms with Crippen molar-refractivity contribution in [2.45, 2.75) is 51.4 Å². The second kappa shape index (κ2) is 7.48. The molecular formula is C17H31N3O. The quantitative estimate of drug-likeness (QED) is 0.783. The molecule has 0 bridgehead atoms. The SMILES string of the molecule is O=C(N1CCCCC1)N1CCCC(CN2CCCCC2)C1. The van der Waals surface area contributed by atoms with Crippen molar-refractivity contribution in [1.82, 2.24) is 14.7 Å². The smallest absolute Gasteiger partial charge is 0.320 e. The standard InChI is InChI=1S/C17H31N3O/c21-17(19-11-5-2-6-12-19)20-13-7-8-16(15-20)14-18-9-3-1-4-10-18/h16H,1-15H2. The highest BCUT2D eigenvalue weighted by Crippen LogP contribution is 2.21. The van der Waals surface area contributed by atoms with Crippen LogP contribution in [0.15, 0.2) is 0 Å². The molecule has 3 aliphatic rings. The molecule has 0 aromatic carbocycles. The number of urea groups is 1. The van der Waals surface area contributed by atoms with Gasteiger partial charge in [-0.3, -0.25) is 0 Å². The average molecular weight is 293 g/mol. The molecule has 0 aliphatic carbocycles. The zero-order valence-corrected chi connectivity index (χ0v) is 13.4. The van der Waals surface area contributed by atoms with E-state index in [1.54, 1.807) is 0 Å². The van der Waals surface area contributed by atoms with Crippen LogP contribution in [0.1, 0.15) is 51.4 Å². The van der Waals surface area contributed by atoms with Gasteiger partial charge in [0.15, 0.2) is 0 Å². The molecule has 0 aromatic rings. The highest BCUT2D eigenvalue weighted by molar-refractivity contribution is 5.74. The Morgan fingerprint density at radius 3 is 2.10 bits per heavy atom. The first kappa shape index (κ1) is 15.1. The molecule has 120 valence electrons. The van der Waals surface area contributed by atoms with E-state index in [4.69, 9.17) is 0 Å². The van der Waals surface area contributed by atoms with Gasteiger partial charge >= 0.3 is 6.03 Å². The Morgan fingerprint density at radius 2 is 1.38 bits per heavy atom. The molecule has 3 rings (SSSR count). The van der Waals surface area contributed by atoms with Crippen LogP contribution in [0.4, 0.5) is 4.79 Å². The lowest BCUT2D eigenvalue weighted by atomic mass is 9.96. The van der Waals surface area contributed by atoms with Crippen LogP contribution >= 0.6 is 0 Å². The van der Waals surface area contributed by atoms with Crippen LogP contribution in [-0.4, -0.2) is 66.5 Å². The zero-order valence-electron chi connectivity index (χ0n) is 13.4. The molecule has 0 saturated carbocycles. The molecular weight excluding hydrogens is 262 g/mol. The van der Waals surface area contributed by atoms with Gasteiger partial charge in [-0.1, -0.05) is 6.42 Å². The van der Waals surface area contributed by atoms with Crippen LogP contribution < -0.4 is 0 Å². The Kier molecular flexibility index (Phi) is 5.39. The molecule has 0 radical (unpaired) electrons. The van der Waals surface area contributed by atoms with Crippen molar-refractivity contribution in [3.63, 3.8) is 0 Å². The fourth-order valence-corrected chi connectivity index (χ4v) is 4.18. The molecule has 0 N–H and O–H groups in total. The van der Waals surface area contributed by atoms with Gasteiger partial charge in [0, 0.05) is 32.7 Å². The van der Waals surface area contributed by atoms with Gasteiger partial charge in [0.25, 0.3) is 0 Å². The average Bonchev–Trinajstić information content (AvgIpc) is 2.56. The summed E-state index contributed by atoms with van der Waals surface area (Å²) in [6, 6.07) is 0.318. The van der Waals surface area contributed by atoms with Crippen LogP contribution in [0.2, 0.25) is 0 Å². The first-order valence-corrected chi connectivity index (χ1v) is 9.09. The minimum absolute atomic E-state index is 0.318. The maximum absolute atomic E-state index is 12.6. The van der Waals surface area contributed by atoms with Gasteiger partial charge < -0.3 is 14.7 Å². The van der Waals surface area contributed by atoms with Crippen molar-refractivity contribution in [3.8, 4) is 0 Å². The predicted molar refractivity (Wildman–Crippen MR) is 85.4 cm³/mol. The Balaban J connectivity index is 1.48.